The highest BCUT2D eigenvalue weighted by Crippen LogP contribution is 2.24. The van der Waals surface area contributed by atoms with Crippen LogP contribution in [0.25, 0.3) is 0 Å². The third-order valence-corrected chi connectivity index (χ3v) is 4.09. The molecule has 2 rings (SSSR count). The van der Waals surface area contributed by atoms with Crippen LogP contribution < -0.4 is 20.3 Å². The molecule has 0 bridgehead atoms. The van der Waals surface area contributed by atoms with Gasteiger partial charge in [0, 0.05) is 0 Å². The lowest BCUT2D eigenvalue weighted by molar-refractivity contribution is -0.133. The fourth-order valence-corrected chi connectivity index (χ4v) is 2.39. The monoisotopic (exact) mass is 395 g/mol. The van der Waals surface area contributed by atoms with E-state index in [4.69, 9.17) is 14.7 Å². The summed E-state index contributed by atoms with van der Waals surface area (Å²) in [6.07, 6.45) is -0.809. The predicted octanol–water partition coefficient (Wildman–Crippen LogP) is 2.85. The first kappa shape index (κ1) is 21.8. The summed E-state index contributed by atoms with van der Waals surface area (Å²) in [4.78, 5) is 24.0. The van der Waals surface area contributed by atoms with E-state index in [1.54, 1.807) is 31.2 Å². The average Bonchev–Trinajstić information content (AvgIpc) is 2.70. The summed E-state index contributed by atoms with van der Waals surface area (Å²) in [5.41, 5.74) is 6.07. The summed E-state index contributed by atoms with van der Waals surface area (Å²) in [6, 6.07) is 16.1. The topological polar surface area (TPSA) is 100 Å². The van der Waals surface area contributed by atoms with Crippen molar-refractivity contribution in [3.8, 4) is 17.6 Å². The Hall–Kier alpha value is -3.53. The molecule has 0 heterocycles. The predicted molar refractivity (Wildman–Crippen MR) is 108 cm³/mol. The van der Waals surface area contributed by atoms with Gasteiger partial charge in [0.15, 0.2) is 12.7 Å². The lowest BCUT2D eigenvalue weighted by Crippen LogP contribution is -2.48. The van der Waals surface area contributed by atoms with E-state index in [9.17, 15) is 9.59 Å². The van der Waals surface area contributed by atoms with Gasteiger partial charge in [-0.25, -0.2) is 0 Å². The standard InChI is InChI=1S/C22H25N3O4/c1-15(29-18-11-9-17(10-12-18)22(2,3)4)21(27)25-24-20(26)14-28-19-8-6-5-7-16(19)13-23/h5-12,15H,14H2,1-4H3,(H,24,26)(H,25,27)/t15-/m0/s1. The highest BCUT2D eigenvalue weighted by atomic mass is 16.5. The number of para-hydroxylation sites is 1. The lowest BCUT2D eigenvalue weighted by atomic mass is 9.87. The second-order valence-corrected chi connectivity index (χ2v) is 7.47. The van der Waals surface area contributed by atoms with Crippen LogP contribution in [0, 0.1) is 11.3 Å². The minimum Gasteiger partial charge on any atom is -0.482 e. The van der Waals surface area contributed by atoms with Crippen LogP contribution in [0.4, 0.5) is 0 Å². The summed E-state index contributed by atoms with van der Waals surface area (Å²) >= 11 is 0. The van der Waals surface area contributed by atoms with Crippen molar-refractivity contribution in [2.45, 2.75) is 39.2 Å². The van der Waals surface area contributed by atoms with Crippen molar-refractivity contribution < 1.29 is 19.1 Å². The fourth-order valence-electron chi connectivity index (χ4n) is 2.39. The quantitative estimate of drug-likeness (QED) is 0.733. The molecule has 0 saturated carbocycles. The number of nitrogens with zero attached hydrogens (tertiary/aromatic N) is 1. The second-order valence-electron chi connectivity index (χ2n) is 7.47. The summed E-state index contributed by atoms with van der Waals surface area (Å²) in [6.45, 7) is 7.58. The zero-order valence-corrected chi connectivity index (χ0v) is 17.0. The largest absolute Gasteiger partial charge is 0.482 e. The van der Waals surface area contributed by atoms with Crippen molar-refractivity contribution in [3.63, 3.8) is 0 Å². The summed E-state index contributed by atoms with van der Waals surface area (Å²) < 4.78 is 10.9. The van der Waals surface area contributed by atoms with Crippen molar-refractivity contribution in [1.29, 1.82) is 5.26 Å². The summed E-state index contributed by atoms with van der Waals surface area (Å²) in [7, 11) is 0. The first-order valence-corrected chi connectivity index (χ1v) is 9.18. The van der Waals surface area contributed by atoms with E-state index >= 15 is 0 Å². The minimum atomic E-state index is -0.809. The maximum absolute atomic E-state index is 12.1. The second kappa shape index (κ2) is 9.60. The van der Waals surface area contributed by atoms with Gasteiger partial charge in [-0.3, -0.25) is 20.4 Å². The molecule has 0 aliphatic heterocycles. The van der Waals surface area contributed by atoms with Crippen molar-refractivity contribution in [3.05, 3.63) is 59.7 Å². The van der Waals surface area contributed by atoms with Gasteiger partial charge in [0.25, 0.3) is 11.8 Å². The van der Waals surface area contributed by atoms with Crippen LogP contribution in [0.15, 0.2) is 48.5 Å². The molecule has 1 atom stereocenters. The smallest absolute Gasteiger partial charge is 0.279 e. The molecule has 2 aromatic carbocycles. The van der Waals surface area contributed by atoms with E-state index in [2.05, 4.69) is 31.6 Å². The zero-order valence-electron chi connectivity index (χ0n) is 17.0. The Balaban J connectivity index is 1.79. The number of benzene rings is 2. The molecule has 0 radical (unpaired) electrons. The molecule has 29 heavy (non-hydrogen) atoms. The van der Waals surface area contributed by atoms with E-state index in [0.29, 0.717) is 17.1 Å². The van der Waals surface area contributed by atoms with E-state index in [1.807, 2.05) is 30.3 Å². The van der Waals surface area contributed by atoms with Gasteiger partial charge in [-0.1, -0.05) is 45.0 Å². The van der Waals surface area contributed by atoms with Gasteiger partial charge in [0.1, 0.15) is 17.6 Å². The van der Waals surface area contributed by atoms with Gasteiger partial charge in [-0.15, -0.1) is 0 Å². The molecule has 2 aromatic rings. The first-order chi connectivity index (χ1) is 13.7. The molecular formula is C22H25N3O4. The molecule has 0 fully saturated rings. The molecule has 7 heteroatoms. The highest BCUT2D eigenvalue weighted by molar-refractivity contribution is 5.85. The molecule has 0 aliphatic rings. The van der Waals surface area contributed by atoms with Crippen LogP contribution in [-0.4, -0.2) is 24.5 Å². The van der Waals surface area contributed by atoms with Crippen LogP contribution in [0.2, 0.25) is 0 Å². The van der Waals surface area contributed by atoms with Crippen molar-refractivity contribution in [1.82, 2.24) is 10.9 Å². The molecule has 2 N–H and O–H groups in total. The van der Waals surface area contributed by atoms with E-state index < -0.39 is 17.9 Å². The van der Waals surface area contributed by atoms with Gasteiger partial charge < -0.3 is 9.47 Å². The Morgan fingerprint density at radius 3 is 2.34 bits per heavy atom. The third-order valence-electron chi connectivity index (χ3n) is 4.09. The molecule has 7 nitrogen and oxygen atoms in total. The number of nitrogens with one attached hydrogen (secondary N) is 2. The van der Waals surface area contributed by atoms with Crippen molar-refractivity contribution >= 4 is 11.8 Å². The van der Waals surface area contributed by atoms with Crippen molar-refractivity contribution in [2.24, 2.45) is 0 Å². The van der Waals surface area contributed by atoms with Crippen molar-refractivity contribution in [2.75, 3.05) is 6.61 Å². The fraction of sp³-hybridized carbons (Fsp3) is 0.318. The molecular weight excluding hydrogens is 370 g/mol. The van der Waals surface area contributed by atoms with E-state index in [-0.39, 0.29) is 12.0 Å². The van der Waals surface area contributed by atoms with Gasteiger partial charge in [-0.2, -0.15) is 5.26 Å². The van der Waals surface area contributed by atoms with Crippen LogP contribution in [-0.2, 0) is 15.0 Å². The molecule has 152 valence electrons. The zero-order chi connectivity index (χ0) is 21.4. The molecule has 0 aromatic heterocycles. The number of carbonyl (C=O) groups is 2. The molecule has 0 saturated heterocycles. The number of hydrogen-bond donors (Lipinski definition) is 2. The lowest BCUT2D eigenvalue weighted by Gasteiger charge is -2.20. The number of hydrazine groups is 1. The Morgan fingerprint density at radius 2 is 1.72 bits per heavy atom. The van der Waals surface area contributed by atoms with E-state index in [1.165, 1.54) is 0 Å². The molecule has 0 aliphatic carbocycles. The maximum Gasteiger partial charge on any atom is 0.279 e. The normalized spacial score (nSPS) is 11.7. The Kier molecular flexibility index (Phi) is 7.21. The van der Waals surface area contributed by atoms with Crippen LogP contribution in [0.5, 0.6) is 11.5 Å². The third kappa shape index (κ3) is 6.54. The Bertz CT molecular complexity index is 896. The maximum atomic E-state index is 12.1. The highest BCUT2D eigenvalue weighted by Gasteiger charge is 2.17. The Morgan fingerprint density at radius 1 is 1.07 bits per heavy atom. The first-order valence-electron chi connectivity index (χ1n) is 9.18. The van der Waals surface area contributed by atoms with Gasteiger partial charge in [-0.05, 0) is 42.2 Å². The van der Waals surface area contributed by atoms with Gasteiger partial charge >= 0.3 is 0 Å². The minimum absolute atomic E-state index is 0.0294. The van der Waals surface area contributed by atoms with Crippen LogP contribution >= 0.6 is 0 Å². The van der Waals surface area contributed by atoms with Gasteiger partial charge in [0.05, 0.1) is 5.56 Å². The number of amides is 2. The molecule has 0 unspecified atom stereocenters. The number of ether oxygens (including phenoxy) is 2. The number of carbonyl (C=O) groups excluding carboxylic acids is 2. The number of hydrogen-bond acceptors (Lipinski definition) is 5. The van der Waals surface area contributed by atoms with Crippen LogP contribution in [0.1, 0.15) is 38.8 Å². The SMILES string of the molecule is C[C@H](Oc1ccc(C(C)(C)C)cc1)C(=O)NNC(=O)COc1ccccc1C#N. The summed E-state index contributed by atoms with van der Waals surface area (Å²) in [5, 5.41) is 9.00. The van der Waals surface area contributed by atoms with E-state index in [0.717, 1.165) is 5.56 Å². The van der Waals surface area contributed by atoms with Gasteiger partial charge in [0.2, 0.25) is 0 Å². The number of rotatable bonds is 6. The van der Waals surface area contributed by atoms with Crippen LogP contribution in [0.3, 0.4) is 0 Å². The summed E-state index contributed by atoms with van der Waals surface area (Å²) in [5.74, 6) is -0.209. The number of nitriles is 1. The Labute approximate surface area is 170 Å². The molecule has 0 spiro atoms. The molecule has 2 amide bonds. The average molecular weight is 395 g/mol.